The van der Waals surface area contributed by atoms with Crippen LogP contribution >= 0.6 is 0 Å². The second-order valence-electron chi connectivity index (χ2n) is 3.96. The van der Waals surface area contributed by atoms with Crippen molar-refractivity contribution < 1.29 is 14.8 Å². The van der Waals surface area contributed by atoms with E-state index in [2.05, 4.69) is 0 Å². The van der Waals surface area contributed by atoms with Gasteiger partial charge >= 0.3 is 7.12 Å². The lowest BCUT2D eigenvalue weighted by molar-refractivity contribution is 0.364. The van der Waals surface area contributed by atoms with Gasteiger partial charge in [0, 0.05) is 5.82 Å². The molecule has 4 heteroatoms. The first-order valence-corrected chi connectivity index (χ1v) is 5.06. The van der Waals surface area contributed by atoms with Crippen LogP contribution in [0.2, 0.25) is 0 Å². The van der Waals surface area contributed by atoms with E-state index >= 15 is 0 Å². The first-order valence-electron chi connectivity index (χ1n) is 5.06. The number of benzene rings is 1. The summed E-state index contributed by atoms with van der Waals surface area (Å²) >= 11 is 0. The molecule has 0 fully saturated rings. The highest BCUT2D eigenvalue weighted by atomic mass is 16.5. The smallest absolute Gasteiger partial charge is 0.459 e. The molecule has 0 saturated carbocycles. The van der Waals surface area contributed by atoms with E-state index in [1.54, 1.807) is 7.11 Å². The maximum absolute atomic E-state index is 9.31. The molecule has 0 bridgehead atoms. The van der Waals surface area contributed by atoms with Crippen LogP contribution in [0, 0.1) is 5.92 Å². The van der Waals surface area contributed by atoms with Crippen LogP contribution in [0.3, 0.4) is 0 Å². The van der Waals surface area contributed by atoms with Crippen molar-refractivity contribution in [2.45, 2.75) is 19.7 Å². The summed E-state index contributed by atoms with van der Waals surface area (Å²) in [6.45, 7) is 3.92. The monoisotopic (exact) mass is 208 g/mol. The first-order chi connectivity index (χ1) is 7.06. The van der Waals surface area contributed by atoms with Gasteiger partial charge in [-0.05, 0) is 23.6 Å². The van der Waals surface area contributed by atoms with Crippen LogP contribution in [-0.4, -0.2) is 24.3 Å². The average molecular weight is 208 g/mol. The summed E-state index contributed by atoms with van der Waals surface area (Å²) in [5, 5.41) is 18.6. The molecule has 0 aliphatic heterocycles. The summed E-state index contributed by atoms with van der Waals surface area (Å²) in [7, 11) is 0.260. The second-order valence-corrected chi connectivity index (χ2v) is 3.96. The Labute approximate surface area is 90.9 Å². The molecule has 0 aliphatic carbocycles. The molecule has 3 nitrogen and oxygen atoms in total. The maximum Gasteiger partial charge on any atom is 0.459 e. The van der Waals surface area contributed by atoms with E-state index < -0.39 is 7.12 Å². The van der Waals surface area contributed by atoms with Crippen molar-refractivity contribution in [3.8, 4) is 5.75 Å². The van der Waals surface area contributed by atoms with Gasteiger partial charge in [-0.3, -0.25) is 0 Å². The highest BCUT2D eigenvalue weighted by molar-refractivity contribution is 6.43. The molecule has 2 N–H and O–H groups in total. The number of hydrogen-bond donors (Lipinski definition) is 2. The average Bonchev–Trinajstić information content (AvgIpc) is 2.17. The van der Waals surface area contributed by atoms with E-state index in [-0.39, 0.29) is 11.7 Å². The van der Waals surface area contributed by atoms with Crippen molar-refractivity contribution in [1.82, 2.24) is 0 Å². The summed E-state index contributed by atoms with van der Waals surface area (Å²) in [5.41, 5.74) is 0.888. The SMILES string of the molecule is COc1cccc(C(B(O)O)C(C)C)c1. The van der Waals surface area contributed by atoms with Crippen LogP contribution in [0.4, 0.5) is 0 Å². The molecule has 0 aliphatic rings. The highest BCUT2D eigenvalue weighted by Crippen LogP contribution is 2.27. The Bertz CT molecular complexity index is 304. The van der Waals surface area contributed by atoms with E-state index in [0.717, 1.165) is 11.3 Å². The minimum absolute atomic E-state index is 0.164. The first kappa shape index (κ1) is 12.1. The zero-order chi connectivity index (χ0) is 11.4. The number of methoxy groups -OCH3 is 1. The minimum Gasteiger partial charge on any atom is -0.497 e. The van der Waals surface area contributed by atoms with Gasteiger partial charge in [-0.25, -0.2) is 0 Å². The fraction of sp³-hybridized carbons (Fsp3) is 0.455. The van der Waals surface area contributed by atoms with Crippen molar-refractivity contribution in [2.75, 3.05) is 7.11 Å². The molecule has 15 heavy (non-hydrogen) atoms. The van der Waals surface area contributed by atoms with Gasteiger partial charge in [-0.1, -0.05) is 26.0 Å². The molecule has 0 aromatic heterocycles. The van der Waals surface area contributed by atoms with Crippen molar-refractivity contribution >= 4 is 7.12 Å². The summed E-state index contributed by atoms with van der Waals surface area (Å²) in [5.74, 6) is 0.621. The Morgan fingerprint density at radius 3 is 2.40 bits per heavy atom. The largest absolute Gasteiger partial charge is 0.497 e. The molecular formula is C11H17BO3. The number of ether oxygens (including phenoxy) is 1. The molecule has 1 rings (SSSR count). The highest BCUT2D eigenvalue weighted by Gasteiger charge is 2.28. The summed E-state index contributed by atoms with van der Waals surface area (Å²) in [6.07, 6.45) is 0. The second kappa shape index (κ2) is 5.19. The van der Waals surface area contributed by atoms with E-state index in [0.29, 0.717) is 0 Å². The molecule has 0 radical (unpaired) electrons. The molecule has 1 aromatic carbocycles. The minimum atomic E-state index is -1.34. The van der Waals surface area contributed by atoms with Crippen LogP contribution in [0.5, 0.6) is 5.75 Å². The lowest BCUT2D eigenvalue weighted by Gasteiger charge is -2.20. The molecular weight excluding hydrogens is 191 g/mol. The lowest BCUT2D eigenvalue weighted by atomic mass is 9.63. The fourth-order valence-corrected chi connectivity index (χ4v) is 1.75. The van der Waals surface area contributed by atoms with Crippen molar-refractivity contribution in [2.24, 2.45) is 5.92 Å². The van der Waals surface area contributed by atoms with Gasteiger partial charge in [0.15, 0.2) is 0 Å². The Morgan fingerprint density at radius 2 is 1.93 bits per heavy atom. The van der Waals surface area contributed by atoms with Gasteiger partial charge in [0.25, 0.3) is 0 Å². The Hall–Kier alpha value is -0.995. The Kier molecular flexibility index (Phi) is 4.18. The quantitative estimate of drug-likeness (QED) is 0.736. The Balaban J connectivity index is 3.00. The molecule has 1 aromatic rings. The van der Waals surface area contributed by atoms with Gasteiger partial charge in [0.1, 0.15) is 5.75 Å². The summed E-state index contributed by atoms with van der Waals surface area (Å²) in [4.78, 5) is 0. The van der Waals surface area contributed by atoms with Crippen LogP contribution in [-0.2, 0) is 0 Å². The van der Waals surface area contributed by atoms with Gasteiger partial charge in [-0.15, -0.1) is 0 Å². The van der Waals surface area contributed by atoms with Crippen molar-refractivity contribution in [3.05, 3.63) is 29.8 Å². The molecule has 0 heterocycles. The number of hydrogen-bond acceptors (Lipinski definition) is 3. The van der Waals surface area contributed by atoms with E-state index in [4.69, 9.17) is 4.74 Å². The van der Waals surface area contributed by atoms with Crippen LogP contribution in [0.25, 0.3) is 0 Å². The number of rotatable bonds is 4. The predicted molar refractivity (Wildman–Crippen MR) is 60.8 cm³/mol. The zero-order valence-corrected chi connectivity index (χ0v) is 9.34. The van der Waals surface area contributed by atoms with Crippen LogP contribution < -0.4 is 4.74 Å². The lowest BCUT2D eigenvalue weighted by Crippen LogP contribution is -2.27. The van der Waals surface area contributed by atoms with Crippen molar-refractivity contribution in [3.63, 3.8) is 0 Å². The van der Waals surface area contributed by atoms with Gasteiger partial charge in [0.05, 0.1) is 7.11 Å². The predicted octanol–water partition coefficient (Wildman–Crippen LogP) is 1.45. The van der Waals surface area contributed by atoms with Gasteiger partial charge in [-0.2, -0.15) is 0 Å². The summed E-state index contributed by atoms with van der Waals surface area (Å²) in [6, 6.07) is 7.41. The van der Waals surface area contributed by atoms with Crippen molar-refractivity contribution in [1.29, 1.82) is 0 Å². The normalized spacial score (nSPS) is 12.7. The fourth-order valence-electron chi connectivity index (χ4n) is 1.75. The van der Waals surface area contributed by atoms with Gasteiger partial charge in [0.2, 0.25) is 0 Å². The molecule has 0 saturated heterocycles. The standard InChI is InChI=1S/C11H17BO3/c1-8(2)11(12(13)14)9-5-4-6-10(7-9)15-3/h4-8,11,13-14H,1-3H3. The van der Waals surface area contributed by atoms with Gasteiger partial charge < -0.3 is 14.8 Å². The third-order valence-electron chi connectivity index (χ3n) is 2.52. The van der Waals surface area contributed by atoms with Crippen LogP contribution in [0.1, 0.15) is 25.2 Å². The third-order valence-corrected chi connectivity index (χ3v) is 2.52. The molecule has 0 amide bonds. The zero-order valence-electron chi connectivity index (χ0n) is 9.34. The topological polar surface area (TPSA) is 49.7 Å². The maximum atomic E-state index is 9.31. The molecule has 0 spiro atoms. The molecule has 82 valence electrons. The van der Waals surface area contributed by atoms with Crippen LogP contribution in [0.15, 0.2) is 24.3 Å². The molecule has 1 atom stereocenters. The van der Waals surface area contributed by atoms with E-state index in [1.807, 2.05) is 38.1 Å². The van der Waals surface area contributed by atoms with E-state index in [9.17, 15) is 10.0 Å². The third kappa shape index (κ3) is 2.98. The van der Waals surface area contributed by atoms with E-state index in [1.165, 1.54) is 0 Å². The Morgan fingerprint density at radius 1 is 1.27 bits per heavy atom. The summed E-state index contributed by atoms with van der Waals surface area (Å²) < 4.78 is 5.10. The molecule has 1 unspecified atom stereocenters.